The zero-order chi connectivity index (χ0) is 12.3. The molecule has 2 rings (SSSR count). The van der Waals surface area contributed by atoms with Crippen LogP contribution < -0.4 is 5.73 Å². The van der Waals surface area contributed by atoms with Crippen molar-refractivity contribution < 1.29 is 4.79 Å². The van der Waals surface area contributed by atoms with Crippen molar-refractivity contribution >= 4 is 11.5 Å². The van der Waals surface area contributed by atoms with Crippen molar-refractivity contribution in [1.82, 2.24) is 0 Å². The molecule has 2 N–H and O–H groups in total. The molecule has 2 heteroatoms. The molecular formula is C15H15NO. The number of nitrogen functional groups attached to an aromatic ring is 1. The van der Waals surface area contributed by atoms with Gasteiger partial charge in [-0.3, -0.25) is 4.79 Å². The van der Waals surface area contributed by atoms with Gasteiger partial charge in [0.05, 0.1) is 0 Å². The van der Waals surface area contributed by atoms with Gasteiger partial charge in [-0.05, 0) is 24.1 Å². The van der Waals surface area contributed by atoms with Gasteiger partial charge < -0.3 is 5.73 Å². The van der Waals surface area contributed by atoms with Crippen molar-refractivity contribution in [3.63, 3.8) is 0 Å². The number of carbonyl (C=O) groups is 1. The lowest BCUT2D eigenvalue weighted by atomic mass is 10.0. The molecule has 2 aromatic carbocycles. The summed E-state index contributed by atoms with van der Waals surface area (Å²) in [5, 5.41) is 0. The Morgan fingerprint density at radius 1 is 1.12 bits per heavy atom. The lowest BCUT2D eigenvalue weighted by Crippen LogP contribution is -2.05. The second-order valence-corrected chi connectivity index (χ2v) is 4.17. The summed E-state index contributed by atoms with van der Waals surface area (Å²) >= 11 is 0. The number of carbonyl (C=O) groups excluding carboxylic acids is 1. The third-order valence-corrected chi connectivity index (χ3v) is 2.75. The first-order valence-electron chi connectivity index (χ1n) is 5.60. The minimum absolute atomic E-state index is 0.0983. The molecule has 0 atom stereocenters. The van der Waals surface area contributed by atoms with Crippen molar-refractivity contribution in [1.29, 1.82) is 0 Å². The van der Waals surface area contributed by atoms with Crippen LogP contribution in [-0.4, -0.2) is 5.78 Å². The standard InChI is InChI=1S/C15H15NO/c1-11-7-8-13(14(16)9-11)10-15(17)12-5-3-2-4-6-12/h2-9H,10,16H2,1H3. The zero-order valence-electron chi connectivity index (χ0n) is 9.81. The van der Waals surface area contributed by atoms with Crippen LogP contribution in [0.1, 0.15) is 21.5 Å². The highest BCUT2D eigenvalue weighted by molar-refractivity contribution is 5.98. The molecule has 0 radical (unpaired) electrons. The molecular weight excluding hydrogens is 210 g/mol. The highest BCUT2D eigenvalue weighted by Crippen LogP contribution is 2.16. The number of Topliss-reactive ketones (excluding diaryl/α,β-unsaturated/α-hetero) is 1. The van der Waals surface area contributed by atoms with Crippen LogP contribution in [0.2, 0.25) is 0 Å². The van der Waals surface area contributed by atoms with Crippen molar-refractivity contribution in [3.8, 4) is 0 Å². The summed E-state index contributed by atoms with van der Waals surface area (Å²) in [7, 11) is 0. The fourth-order valence-electron chi connectivity index (χ4n) is 1.77. The average molecular weight is 225 g/mol. The van der Waals surface area contributed by atoms with Crippen molar-refractivity contribution in [2.45, 2.75) is 13.3 Å². The van der Waals surface area contributed by atoms with E-state index in [0.29, 0.717) is 12.1 Å². The molecule has 2 aromatic rings. The molecule has 86 valence electrons. The molecule has 0 spiro atoms. The summed E-state index contributed by atoms with van der Waals surface area (Å²) in [6.45, 7) is 1.99. The van der Waals surface area contributed by atoms with Gasteiger partial charge in [0.1, 0.15) is 0 Å². The van der Waals surface area contributed by atoms with Crippen LogP contribution in [0.3, 0.4) is 0 Å². The van der Waals surface area contributed by atoms with Crippen molar-refractivity contribution in [2.24, 2.45) is 0 Å². The van der Waals surface area contributed by atoms with Crippen LogP contribution in [0.25, 0.3) is 0 Å². The first-order chi connectivity index (χ1) is 8.16. The van der Waals surface area contributed by atoms with Gasteiger partial charge in [-0.2, -0.15) is 0 Å². The van der Waals surface area contributed by atoms with E-state index < -0.39 is 0 Å². The normalized spacial score (nSPS) is 10.2. The van der Waals surface area contributed by atoms with Crippen LogP contribution in [0, 0.1) is 6.92 Å². The van der Waals surface area contributed by atoms with E-state index >= 15 is 0 Å². The van der Waals surface area contributed by atoms with Crippen molar-refractivity contribution in [2.75, 3.05) is 5.73 Å². The monoisotopic (exact) mass is 225 g/mol. The first kappa shape index (κ1) is 11.4. The Kier molecular flexibility index (Phi) is 3.24. The number of hydrogen-bond acceptors (Lipinski definition) is 2. The van der Waals surface area contributed by atoms with Gasteiger partial charge in [0.15, 0.2) is 5.78 Å². The van der Waals surface area contributed by atoms with Gasteiger partial charge in [-0.15, -0.1) is 0 Å². The van der Waals surface area contributed by atoms with E-state index in [2.05, 4.69) is 0 Å². The predicted molar refractivity (Wildman–Crippen MR) is 70.1 cm³/mol. The number of hydrogen-bond donors (Lipinski definition) is 1. The average Bonchev–Trinajstić information content (AvgIpc) is 2.34. The molecule has 0 fully saturated rings. The zero-order valence-corrected chi connectivity index (χ0v) is 9.81. The summed E-state index contributed by atoms with van der Waals surface area (Å²) in [4.78, 5) is 12.0. The van der Waals surface area contributed by atoms with Gasteiger partial charge >= 0.3 is 0 Å². The van der Waals surface area contributed by atoms with Crippen molar-refractivity contribution in [3.05, 3.63) is 65.2 Å². The Bertz CT molecular complexity index is 532. The quantitative estimate of drug-likeness (QED) is 0.644. The second kappa shape index (κ2) is 4.83. The minimum Gasteiger partial charge on any atom is -0.398 e. The fraction of sp³-hybridized carbons (Fsp3) is 0.133. The lowest BCUT2D eigenvalue weighted by molar-refractivity contribution is 0.0993. The van der Waals surface area contributed by atoms with E-state index in [1.54, 1.807) is 0 Å². The molecule has 0 saturated heterocycles. The Morgan fingerprint density at radius 2 is 1.82 bits per heavy atom. The highest BCUT2D eigenvalue weighted by Gasteiger charge is 2.08. The van der Waals surface area contributed by atoms with Gasteiger partial charge in [-0.1, -0.05) is 42.5 Å². The van der Waals surface area contributed by atoms with Gasteiger partial charge in [0, 0.05) is 17.7 Å². The highest BCUT2D eigenvalue weighted by atomic mass is 16.1. The third kappa shape index (κ3) is 2.72. The van der Waals surface area contributed by atoms with E-state index in [-0.39, 0.29) is 5.78 Å². The van der Waals surface area contributed by atoms with Gasteiger partial charge in [0.25, 0.3) is 0 Å². The topological polar surface area (TPSA) is 43.1 Å². The smallest absolute Gasteiger partial charge is 0.167 e. The number of ketones is 1. The van der Waals surface area contributed by atoms with Gasteiger partial charge in [-0.25, -0.2) is 0 Å². The minimum atomic E-state index is 0.0983. The molecule has 0 aliphatic heterocycles. The molecule has 2 nitrogen and oxygen atoms in total. The Balaban J connectivity index is 2.19. The fourth-order valence-corrected chi connectivity index (χ4v) is 1.77. The Labute approximate surface area is 101 Å². The van der Waals surface area contributed by atoms with Crippen LogP contribution in [0.4, 0.5) is 5.69 Å². The van der Waals surface area contributed by atoms with Gasteiger partial charge in [0.2, 0.25) is 0 Å². The summed E-state index contributed by atoms with van der Waals surface area (Å²) in [6, 6.07) is 15.1. The molecule has 0 saturated carbocycles. The summed E-state index contributed by atoms with van der Waals surface area (Å²) < 4.78 is 0. The number of anilines is 1. The maximum Gasteiger partial charge on any atom is 0.167 e. The summed E-state index contributed by atoms with van der Waals surface area (Å²) in [5.74, 6) is 0.0983. The number of nitrogens with two attached hydrogens (primary N) is 1. The maximum atomic E-state index is 12.0. The van der Waals surface area contributed by atoms with E-state index in [0.717, 1.165) is 16.7 Å². The third-order valence-electron chi connectivity index (χ3n) is 2.75. The molecule has 17 heavy (non-hydrogen) atoms. The molecule has 0 bridgehead atoms. The number of rotatable bonds is 3. The first-order valence-corrected chi connectivity index (χ1v) is 5.60. The Morgan fingerprint density at radius 3 is 2.47 bits per heavy atom. The van der Waals surface area contributed by atoms with Crippen LogP contribution in [-0.2, 0) is 6.42 Å². The van der Waals surface area contributed by atoms with E-state index in [1.807, 2.05) is 55.5 Å². The molecule has 0 aliphatic rings. The lowest BCUT2D eigenvalue weighted by Gasteiger charge is -2.06. The predicted octanol–water partition coefficient (Wildman–Crippen LogP) is 3.00. The van der Waals surface area contributed by atoms with E-state index in [9.17, 15) is 4.79 Å². The number of benzene rings is 2. The summed E-state index contributed by atoms with van der Waals surface area (Å²) in [5.41, 5.74) is 9.32. The van der Waals surface area contributed by atoms with E-state index in [1.165, 1.54) is 0 Å². The molecule has 0 heterocycles. The second-order valence-electron chi connectivity index (χ2n) is 4.17. The van der Waals surface area contributed by atoms with Crippen LogP contribution in [0.5, 0.6) is 0 Å². The van der Waals surface area contributed by atoms with E-state index in [4.69, 9.17) is 5.73 Å². The molecule has 0 aromatic heterocycles. The largest absolute Gasteiger partial charge is 0.398 e. The Hall–Kier alpha value is -2.09. The number of aryl methyl sites for hydroxylation is 1. The maximum absolute atomic E-state index is 12.0. The van der Waals surface area contributed by atoms with Crippen LogP contribution in [0.15, 0.2) is 48.5 Å². The SMILES string of the molecule is Cc1ccc(CC(=O)c2ccccc2)c(N)c1. The molecule has 0 aliphatic carbocycles. The summed E-state index contributed by atoms with van der Waals surface area (Å²) in [6.07, 6.45) is 0.357. The molecule has 0 unspecified atom stereocenters. The molecule has 0 amide bonds. The van der Waals surface area contributed by atoms with Crippen LogP contribution >= 0.6 is 0 Å².